The number of ether oxygens (including phenoxy) is 1. The largest absolute Gasteiger partial charge is 0.442 e. The molecule has 0 saturated carbocycles. The van der Waals surface area contributed by atoms with Crippen molar-refractivity contribution in [3.8, 4) is 0 Å². The Bertz CT molecular complexity index is 856. The Labute approximate surface area is 161 Å². The zero-order chi connectivity index (χ0) is 19.6. The summed E-state index contributed by atoms with van der Waals surface area (Å²) in [5.41, 5.74) is 1.58. The summed E-state index contributed by atoms with van der Waals surface area (Å²) in [6.45, 7) is 0.240. The quantitative estimate of drug-likeness (QED) is 0.744. The lowest BCUT2D eigenvalue weighted by Crippen LogP contribution is -2.36. The van der Waals surface area contributed by atoms with Crippen molar-refractivity contribution in [2.45, 2.75) is 24.9 Å². The third-order valence-corrected chi connectivity index (χ3v) is 6.14. The van der Waals surface area contributed by atoms with Crippen LogP contribution in [0.25, 0.3) is 0 Å². The van der Waals surface area contributed by atoms with Crippen LogP contribution in [0.4, 0.5) is 19.3 Å². The Morgan fingerprint density at radius 3 is 2.63 bits per heavy atom. The normalized spacial score (nSPS) is 24.1. The van der Waals surface area contributed by atoms with Crippen molar-refractivity contribution in [3.63, 3.8) is 0 Å². The lowest BCUT2D eigenvalue weighted by atomic mass is 9.96. The number of nitrogens with one attached hydrogen (secondary N) is 1. The van der Waals surface area contributed by atoms with E-state index >= 15 is 0 Å². The molecule has 1 amide bonds. The number of amides is 1. The monoisotopic (exact) mass is 416 g/mol. The van der Waals surface area contributed by atoms with E-state index in [1.807, 2.05) is 12.1 Å². The molecule has 2 unspecified atom stereocenters. The Kier molecular flexibility index (Phi) is 5.75. The number of benzene rings is 1. The molecule has 0 aromatic heterocycles. The van der Waals surface area contributed by atoms with Gasteiger partial charge in [-0.3, -0.25) is 4.90 Å². The highest BCUT2D eigenvalue weighted by atomic mass is 32.2. The molecule has 1 N–H and O–H groups in total. The fourth-order valence-electron chi connectivity index (χ4n) is 2.98. The molecule has 1 aromatic rings. The number of carbonyl (C=O) groups excluding carboxylic acids is 1. The van der Waals surface area contributed by atoms with Crippen molar-refractivity contribution in [2.24, 2.45) is 0 Å². The van der Waals surface area contributed by atoms with Gasteiger partial charge >= 0.3 is 6.09 Å². The van der Waals surface area contributed by atoms with Crippen LogP contribution in [0, 0.1) is 0 Å². The first-order valence-corrected chi connectivity index (χ1v) is 10.4. The molecule has 0 spiro atoms. The minimum absolute atomic E-state index is 0.0143. The second-order valence-electron chi connectivity index (χ2n) is 6.34. The van der Waals surface area contributed by atoms with Crippen LogP contribution < -0.4 is 10.2 Å². The Balaban J connectivity index is 1.62. The van der Waals surface area contributed by atoms with E-state index in [-0.39, 0.29) is 24.8 Å². The molecule has 146 valence electrons. The van der Waals surface area contributed by atoms with Crippen LogP contribution in [-0.2, 0) is 14.6 Å². The summed E-state index contributed by atoms with van der Waals surface area (Å²) in [5.74, 6) is 0.129. The fourth-order valence-corrected chi connectivity index (χ4v) is 4.21. The van der Waals surface area contributed by atoms with Crippen molar-refractivity contribution in [2.75, 3.05) is 23.7 Å². The first-order valence-electron chi connectivity index (χ1n) is 8.30. The molecule has 2 aliphatic rings. The smallest absolute Gasteiger partial charge is 0.414 e. The van der Waals surface area contributed by atoms with E-state index in [4.69, 9.17) is 4.74 Å². The van der Waals surface area contributed by atoms with Crippen LogP contribution in [0.2, 0.25) is 0 Å². The summed E-state index contributed by atoms with van der Waals surface area (Å²) < 4.78 is 52.9. The van der Waals surface area contributed by atoms with Gasteiger partial charge in [-0.15, -0.1) is 0 Å². The molecule has 0 aliphatic carbocycles. The lowest BCUT2D eigenvalue weighted by molar-refractivity contribution is 0.142. The molecule has 1 aromatic carbocycles. The van der Waals surface area contributed by atoms with Gasteiger partial charge in [-0.1, -0.05) is 30.4 Å². The van der Waals surface area contributed by atoms with Crippen molar-refractivity contribution < 1.29 is 26.7 Å². The van der Waals surface area contributed by atoms with Crippen LogP contribution in [0.1, 0.15) is 17.9 Å². The average Bonchev–Trinajstić information content (AvgIpc) is 3.00. The van der Waals surface area contributed by atoms with Gasteiger partial charge in [-0.05, 0) is 24.1 Å². The van der Waals surface area contributed by atoms with Gasteiger partial charge in [0.25, 0.3) is 6.43 Å². The molecule has 27 heavy (non-hydrogen) atoms. The number of halogens is 2. The van der Waals surface area contributed by atoms with Crippen molar-refractivity contribution >= 4 is 38.8 Å². The van der Waals surface area contributed by atoms with Gasteiger partial charge in [0, 0.05) is 17.0 Å². The van der Waals surface area contributed by atoms with Crippen molar-refractivity contribution in [1.82, 2.24) is 5.32 Å². The zero-order valence-corrected chi connectivity index (χ0v) is 15.8. The van der Waals surface area contributed by atoms with Gasteiger partial charge in [0.05, 0.1) is 18.8 Å². The third-order valence-electron chi connectivity index (χ3n) is 4.44. The molecule has 6 nitrogen and oxygen atoms in total. The number of anilines is 1. The van der Waals surface area contributed by atoms with E-state index in [9.17, 15) is 22.0 Å². The van der Waals surface area contributed by atoms with E-state index < -0.39 is 33.4 Å². The van der Waals surface area contributed by atoms with Gasteiger partial charge in [0.15, 0.2) is 9.84 Å². The minimum Gasteiger partial charge on any atom is -0.442 e. The van der Waals surface area contributed by atoms with E-state index in [0.717, 1.165) is 5.56 Å². The number of nitrogens with zero attached hydrogens (tertiary/aromatic N) is 1. The summed E-state index contributed by atoms with van der Waals surface area (Å²) in [6.07, 6.45) is -1.70. The maximum absolute atomic E-state index is 12.4. The van der Waals surface area contributed by atoms with Crippen LogP contribution in [0.15, 0.2) is 35.7 Å². The number of cyclic esters (lactones) is 1. The van der Waals surface area contributed by atoms with Crippen LogP contribution in [0.3, 0.4) is 0 Å². The molecule has 0 radical (unpaired) electrons. The number of hydrogen-bond acceptors (Lipinski definition) is 5. The number of hydrogen-bond donors (Lipinski definition) is 1. The Morgan fingerprint density at radius 1 is 1.33 bits per heavy atom. The first kappa shape index (κ1) is 19.7. The molecule has 0 bridgehead atoms. The number of thiocarbonyl (C=S) groups is 1. The number of rotatable bonds is 5. The highest BCUT2D eigenvalue weighted by Crippen LogP contribution is 2.29. The minimum atomic E-state index is -3.09. The van der Waals surface area contributed by atoms with Crippen LogP contribution in [-0.4, -0.2) is 50.9 Å². The second-order valence-corrected chi connectivity index (χ2v) is 8.79. The van der Waals surface area contributed by atoms with Gasteiger partial charge < -0.3 is 10.1 Å². The molecule has 1 saturated heterocycles. The van der Waals surface area contributed by atoms with Gasteiger partial charge in [0.1, 0.15) is 11.1 Å². The highest BCUT2D eigenvalue weighted by molar-refractivity contribution is 7.94. The predicted octanol–water partition coefficient (Wildman–Crippen LogP) is 2.61. The van der Waals surface area contributed by atoms with Crippen molar-refractivity contribution in [1.29, 1.82) is 0 Å². The average molecular weight is 416 g/mol. The summed E-state index contributed by atoms with van der Waals surface area (Å²) >= 11 is 4.50. The number of sulfone groups is 1. The van der Waals surface area contributed by atoms with Gasteiger partial charge in [-0.2, -0.15) is 0 Å². The summed E-state index contributed by atoms with van der Waals surface area (Å²) in [4.78, 5) is 12.9. The van der Waals surface area contributed by atoms with Gasteiger partial charge in [-0.25, -0.2) is 22.0 Å². The highest BCUT2D eigenvalue weighted by Gasteiger charge is 2.32. The fraction of sp³-hybridized carbons (Fsp3) is 0.412. The Morgan fingerprint density at radius 2 is 2.04 bits per heavy atom. The second kappa shape index (κ2) is 7.89. The van der Waals surface area contributed by atoms with E-state index in [0.29, 0.717) is 12.1 Å². The van der Waals surface area contributed by atoms with E-state index in [1.54, 1.807) is 18.2 Å². The summed E-state index contributed by atoms with van der Waals surface area (Å²) in [6, 6.07) is 7.19. The van der Waals surface area contributed by atoms with Crippen molar-refractivity contribution in [3.05, 3.63) is 41.3 Å². The standard InChI is InChI=1S/C17H18F2N2O4S2/c18-15(19)16(26)20-9-14-10-21(17(22)25-14)13-3-1-11(2-4-13)12-5-7-27(23,24)8-6-12/h1-5,7,12,14-15H,6,8-10H2,(H,20,26). The van der Waals surface area contributed by atoms with Gasteiger partial charge in [0.2, 0.25) is 0 Å². The van der Waals surface area contributed by atoms with E-state index in [2.05, 4.69) is 17.5 Å². The molecular formula is C17H18F2N2O4S2. The van der Waals surface area contributed by atoms with Crippen LogP contribution >= 0.6 is 12.2 Å². The lowest BCUT2D eigenvalue weighted by Gasteiger charge is -2.18. The molecule has 10 heteroatoms. The maximum Gasteiger partial charge on any atom is 0.414 e. The maximum atomic E-state index is 12.4. The molecule has 1 fully saturated rings. The number of carbonyl (C=O) groups is 1. The molecular weight excluding hydrogens is 398 g/mol. The number of alkyl halides is 2. The summed E-state index contributed by atoms with van der Waals surface area (Å²) in [5, 5.41) is 3.64. The molecule has 2 heterocycles. The molecule has 2 atom stereocenters. The van der Waals surface area contributed by atoms with Crippen LogP contribution in [0.5, 0.6) is 0 Å². The summed E-state index contributed by atoms with van der Waals surface area (Å²) in [7, 11) is -3.09. The first-order chi connectivity index (χ1) is 12.7. The topological polar surface area (TPSA) is 75.7 Å². The zero-order valence-electron chi connectivity index (χ0n) is 14.2. The SMILES string of the molecule is O=C1OC(CNC(=S)C(F)F)CN1c1ccc(C2C=CS(=O)(=O)CC2)cc1. The van der Waals surface area contributed by atoms with E-state index in [1.165, 1.54) is 10.3 Å². The molecule has 3 rings (SSSR count). The third kappa shape index (κ3) is 4.81. The number of allylic oxidation sites excluding steroid dienone is 1. The molecule has 2 aliphatic heterocycles. The Hall–Kier alpha value is -2.07. The predicted molar refractivity (Wildman–Crippen MR) is 101 cm³/mol.